The van der Waals surface area contributed by atoms with Crippen molar-refractivity contribution in [2.45, 2.75) is 39.0 Å². The molecule has 0 amide bonds. The van der Waals surface area contributed by atoms with Crippen molar-refractivity contribution in [3.05, 3.63) is 70.0 Å². The predicted molar refractivity (Wildman–Crippen MR) is 91.9 cm³/mol. The second-order valence-corrected chi connectivity index (χ2v) is 6.16. The number of aryl methyl sites for hydroxylation is 1. The van der Waals surface area contributed by atoms with Crippen LogP contribution in [0.4, 0.5) is 13.2 Å². The van der Waals surface area contributed by atoms with Crippen LogP contribution in [0.2, 0.25) is 0 Å². The molecule has 2 aromatic carbocycles. The van der Waals surface area contributed by atoms with Gasteiger partial charge >= 0.3 is 0 Å². The monoisotopic (exact) mass is 335 g/mol. The maximum atomic E-state index is 14.2. The summed E-state index contributed by atoms with van der Waals surface area (Å²) in [7, 11) is 1.85. The summed E-state index contributed by atoms with van der Waals surface area (Å²) < 4.78 is 41.8. The summed E-state index contributed by atoms with van der Waals surface area (Å²) in [4.78, 5) is 0. The molecule has 0 saturated carbocycles. The maximum Gasteiger partial charge on any atom is 0.164 e. The van der Waals surface area contributed by atoms with Crippen LogP contribution in [-0.4, -0.2) is 13.6 Å². The van der Waals surface area contributed by atoms with Gasteiger partial charge in [0.05, 0.1) is 0 Å². The highest BCUT2D eigenvalue weighted by Crippen LogP contribution is 2.28. The third-order valence-corrected chi connectivity index (χ3v) is 4.53. The van der Waals surface area contributed by atoms with E-state index in [0.29, 0.717) is 0 Å². The lowest BCUT2D eigenvalue weighted by Crippen LogP contribution is -2.15. The van der Waals surface area contributed by atoms with E-state index in [1.54, 1.807) is 0 Å². The van der Waals surface area contributed by atoms with Gasteiger partial charge in [-0.1, -0.05) is 31.2 Å². The number of benzene rings is 2. The van der Waals surface area contributed by atoms with Gasteiger partial charge in [-0.15, -0.1) is 0 Å². The molecule has 0 radical (unpaired) electrons. The van der Waals surface area contributed by atoms with Crippen LogP contribution >= 0.6 is 0 Å². The Morgan fingerprint density at radius 3 is 2.29 bits per heavy atom. The van der Waals surface area contributed by atoms with E-state index in [-0.39, 0.29) is 23.5 Å². The lowest BCUT2D eigenvalue weighted by Gasteiger charge is -2.19. The molecule has 0 aliphatic carbocycles. The van der Waals surface area contributed by atoms with Crippen molar-refractivity contribution < 1.29 is 13.2 Å². The minimum absolute atomic E-state index is 0.000591. The van der Waals surface area contributed by atoms with Crippen LogP contribution in [0.25, 0.3) is 0 Å². The Balaban J connectivity index is 2.32. The van der Waals surface area contributed by atoms with Crippen molar-refractivity contribution in [1.29, 1.82) is 0 Å². The van der Waals surface area contributed by atoms with Gasteiger partial charge in [0.25, 0.3) is 0 Å². The maximum absolute atomic E-state index is 14.2. The summed E-state index contributed by atoms with van der Waals surface area (Å²) in [6, 6.07) is 9.28. The van der Waals surface area contributed by atoms with Crippen molar-refractivity contribution in [2.75, 3.05) is 13.6 Å². The highest BCUT2D eigenvalue weighted by atomic mass is 19.2. The van der Waals surface area contributed by atoms with Crippen molar-refractivity contribution in [3.8, 4) is 0 Å². The summed E-state index contributed by atoms with van der Waals surface area (Å²) in [6.07, 6.45) is 1.98. The summed E-state index contributed by atoms with van der Waals surface area (Å²) in [5.41, 5.74) is 2.11. The van der Waals surface area contributed by atoms with Gasteiger partial charge in [-0.05, 0) is 68.5 Å². The van der Waals surface area contributed by atoms with E-state index in [1.807, 2.05) is 31.3 Å². The first-order valence-corrected chi connectivity index (χ1v) is 8.34. The zero-order chi connectivity index (χ0) is 17.7. The smallest absolute Gasteiger partial charge is 0.164 e. The van der Waals surface area contributed by atoms with Crippen molar-refractivity contribution in [2.24, 2.45) is 0 Å². The van der Waals surface area contributed by atoms with E-state index in [1.165, 1.54) is 12.5 Å². The van der Waals surface area contributed by atoms with Gasteiger partial charge in [0.15, 0.2) is 11.6 Å². The van der Waals surface area contributed by atoms with Crippen molar-refractivity contribution >= 4 is 0 Å². The molecule has 0 aromatic heterocycles. The van der Waals surface area contributed by atoms with E-state index in [2.05, 4.69) is 12.2 Å². The average Bonchev–Trinajstić information content (AvgIpc) is 2.61. The highest BCUT2D eigenvalue weighted by molar-refractivity contribution is 5.31. The molecule has 1 nitrogen and oxygen atoms in total. The molecule has 2 rings (SSSR count). The molecule has 1 N–H and O–H groups in total. The summed E-state index contributed by atoms with van der Waals surface area (Å²) in [5.74, 6) is -2.72. The van der Waals surface area contributed by atoms with Crippen molar-refractivity contribution in [1.82, 2.24) is 5.32 Å². The first kappa shape index (κ1) is 18.5. The SMILES string of the molecule is CCc1ccc(C(CCNC)Cc2cc(F)c(C)c(F)c2F)cc1. The number of nitrogens with one attached hydrogen (secondary N) is 1. The van der Waals surface area contributed by atoms with Gasteiger partial charge in [0, 0.05) is 5.56 Å². The zero-order valence-corrected chi connectivity index (χ0v) is 14.4. The van der Waals surface area contributed by atoms with Crippen LogP contribution < -0.4 is 5.32 Å². The molecule has 1 atom stereocenters. The Morgan fingerprint density at radius 1 is 1.04 bits per heavy atom. The second kappa shape index (κ2) is 8.34. The fraction of sp³-hybridized carbons (Fsp3) is 0.400. The Hall–Kier alpha value is -1.81. The summed E-state index contributed by atoms with van der Waals surface area (Å²) in [5, 5.41) is 3.08. The highest BCUT2D eigenvalue weighted by Gasteiger charge is 2.20. The number of hydrogen-bond acceptors (Lipinski definition) is 1. The molecule has 0 saturated heterocycles. The van der Waals surface area contributed by atoms with E-state index in [4.69, 9.17) is 0 Å². The van der Waals surface area contributed by atoms with Gasteiger partial charge in [-0.2, -0.15) is 0 Å². The summed E-state index contributed by atoms with van der Waals surface area (Å²) in [6.45, 7) is 4.08. The second-order valence-electron chi connectivity index (χ2n) is 6.16. The van der Waals surface area contributed by atoms with E-state index >= 15 is 0 Å². The molecule has 2 aromatic rings. The molecule has 4 heteroatoms. The minimum atomic E-state index is -1.08. The fourth-order valence-electron chi connectivity index (χ4n) is 2.88. The van der Waals surface area contributed by atoms with Gasteiger partial charge in [0.2, 0.25) is 0 Å². The molecular weight excluding hydrogens is 311 g/mol. The Kier molecular flexibility index (Phi) is 6.44. The van der Waals surface area contributed by atoms with Gasteiger partial charge in [-0.3, -0.25) is 0 Å². The molecule has 1 unspecified atom stereocenters. The third-order valence-electron chi connectivity index (χ3n) is 4.53. The molecule has 0 heterocycles. The van der Waals surface area contributed by atoms with Crippen LogP contribution in [0.1, 0.15) is 41.5 Å². The van der Waals surface area contributed by atoms with Gasteiger partial charge in [-0.25, -0.2) is 13.2 Å². The van der Waals surface area contributed by atoms with E-state index < -0.39 is 17.5 Å². The van der Waals surface area contributed by atoms with E-state index in [9.17, 15) is 13.2 Å². The first-order valence-electron chi connectivity index (χ1n) is 8.34. The topological polar surface area (TPSA) is 12.0 Å². The molecular formula is C20H24F3N. The predicted octanol–water partition coefficient (Wildman–Crippen LogP) is 4.91. The fourth-order valence-corrected chi connectivity index (χ4v) is 2.88. The van der Waals surface area contributed by atoms with Crippen molar-refractivity contribution in [3.63, 3.8) is 0 Å². The molecule has 0 aliphatic rings. The van der Waals surface area contributed by atoms with Crippen LogP contribution in [-0.2, 0) is 12.8 Å². The molecule has 0 fully saturated rings. The third kappa shape index (κ3) is 4.18. The van der Waals surface area contributed by atoms with Gasteiger partial charge < -0.3 is 5.32 Å². The normalized spacial score (nSPS) is 12.4. The van der Waals surface area contributed by atoms with Crippen LogP contribution in [0, 0.1) is 24.4 Å². The van der Waals surface area contributed by atoms with E-state index in [0.717, 1.165) is 31.0 Å². The molecule has 130 valence electrons. The number of hydrogen-bond donors (Lipinski definition) is 1. The van der Waals surface area contributed by atoms with Gasteiger partial charge in [0.1, 0.15) is 5.82 Å². The molecule has 24 heavy (non-hydrogen) atoms. The average molecular weight is 335 g/mol. The zero-order valence-electron chi connectivity index (χ0n) is 14.4. The standard InChI is InChI=1S/C20H24F3N/c1-4-14-5-7-15(8-6-14)16(9-10-24-3)11-17-12-18(21)13(2)19(22)20(17)23/h5-8,12,16,24H,4,9-11H2,1-3H3. The van der Waals surface area contributed by atoms with Crippen LogP contribution in [0.15, 0.2) is 30.3 Å². The Morgan fingerprint density at radius 2 is 1.71 bits per heavy atom. The molecule has 0 aliphatic heterocycles. The minimum Gasteiger partial charge on any atom is -0.320 e. The lowest BCUT2D eigenvalue weighted by atomic mass is 9.88. The van der Waals surface area contributed by atoms with Crippen LogP contribution in [0.3, 0.4) is 0 Å². The number of rotatable bonds is 7. The first-order chi connectivity index (χ1) is 11.5. The number of halogens is 3. The largest absolute Gasteiger partial charge is 0.320 e. The van der Waals surface area contributed by atoms with Crippen LogP contribution in [0.5, 0.6) is 0 Å². The molecule has 0 spiro atoms. The quantitative estimate of drug-likeness (QED) is 0.709. The summed E-state index contributed by atoms with van der Waals surface area (Å²) >= 11 is 0. The lowest BCUT2D eigenvalue weighted by molar-refractivity contribution is 0.469. The molecule has 0 bridgehead atoms. The Bertz CT molecular complexity index is 680. The Labute approximate surface area is 141 Å².